The highest BCUT2D eigenvalue weighted by Crippen LogP contribution is 2.25. The van der Waals surface area contributed by atoms with Crippen LogP contribution in [0.5, 0.6) is 5.75 Å². The number of benzene rings is 4. The van der Waals surface area contributed by atoms with Gasteiger partial charge in [0.15, 0.2) is 0 Å². The number of rotatable bonds is 8. The molecule has 0 saturated heterocycles. The van der Waals surface area contributed by atoms with Crippen LogP contribution in [0.2, 0.25) is 5.02 Å². The highest BCUT2D eigenvalue weighted by atomic mass is 35.5. The predicted molar refractivity (Wildman–Crippen MR) is 145 cm³/mol. The van der Waals surface area contributed by atoms with E-state index in [0.29, 0.717) is 11.3 Å². The van der Waals surface area contributed by atoms with Crippen molar-refractivity contribution in [3.8, 4) is 5.75 Å². The molecule has 4 rings (SSSR count). The second kappa shape index (κ2) is 12.3. The SMILES string of the molecule is O=C(N/N=C/c1cc([N+](=O)[O-])ccc1OC(=O)c1ccccc1Cl)c1ccc(NC(=O)c2ccccc2)cc1. The number of nitro benzene ring substituents is 1. The summed E-state index contributed by atoms with van der Waals surface area (Å²) in [5.74, 6) is -1.66. The van der Waals surface area contributed by atoms with E-state index in [1.165, 1.54) is 36.4 Å². The first-order chi connectivity index (χ1) is 18.8. The molecule has 0 aromatic heterocycles. The van der Waals surface area contributed by atoms with Gasteiger partial charge in [-0.05, 0) is 54.6 Å². The fraction of sp³-hybridized carbons (Fsp3) is 0. The minimum atomic E-state index is -0.771. The highest BCUT2D eigenvalue weighted by Gasteiger charge is 2.17. The number of carbonyl (C=O) groups is 3. The van der Waals surface area contributed by atoms with Gasteiger partial charge in [-0.1, -0.05) is 41.9 Å². The Labute approximate surface area is 227 Å². The van der Waals surface area contributed by atoms with Gasteiger partial charge in [0.1, 0.15) is 5.75 Å². The van der Waals surface area contributed by atoms with Gasteiger partial charge in [-0.25, -0.2) is 10.2 Å². The summed E-state index contributed by atoms with van der Waals surface area (Å²) in [6.07, 6.45) is 1.12. The molecule has 0 atom stereocenters. The number of halogens is 1. The van der Waals surface area contributed by atoms with Gasteiger partial charge in [-0.3, -0.25) is 19.7 Å². The Morgan fingerprint density at radius 2 is 1.51 bits per heavy atom. The molecule has 0 aliphatic rings. The van der Waals surface area contributed by atoms with Crippen molar-refractivity contribution in [2.45, 2.75) is 0 Å². The third-order valence-corrected chi connectivity index (χ3v) is 5.64. The molecule has 2 N–H and O–H groups in total. The minimum Gasteiger partial charge on any atom is -0.422 e. The fourth-order valence-electron chi connectivity index (χ4n) is 3.35. The molecule has 39 heavy (non-hydrogen) atoms. The summed E-state index contributed by atoms with van der Waals surface area (Å²) < 4.78 is 5.38. The molecule has 2 amide bonds. The molecule has 0 aliphatic heterocycles. The van der Waals surface area contributed by atoms with E-state index in [1.807, 2.05) is 0 Å². The largest absolute Gasteiger partial charge is 0.422 e. The van der Waals surface area contributed by atoms with Crippen molar-refractivity contribution < 1.29 is 24.0 Å². The monoisotopic (exact) mass is 542 g/mol. The minimum absolute atomic E-state index is 0.0259. The molecular weight excluding hydrogens is 524 g/mol. The number of amides is 2. The van der Waals surface area contributed by atoms with E-state index in [-0.39, 0.29) is 39.1 Å². The zero-order valence-corrected chi connectivity index (χ0v) is 20.8. The van der Waals surface area contributed by atoms with Gasteiger partial charge in [0.2, 0.25) is 0 Å². The lowest BCUT2D eigenvalue weighted by Gasteiger charge is -2.08. The summed E-state index contributed by atoms with van der Waals surface area (Å²) in [6.45, 7) is 0. The Hall–Kier alpha value is -5.35. The van der Waals surface area contributed by atoms with Crippen LogP contribution in [0.3, 0.4) is 0 Å². The van der Waals surface area contributed by atoms with E-state index < -0.39 is 16.8 Å². The molecule has 0 aliphatic carbocycles. The summed E-state index contributed by atoms with van der Waals surface area (Å²) in [5.41, 5.74) is 3.46. The predicted octanol–water partition coefficient (Wildman–Crippen LogP) is 5.48. The van der Waals surface area contributed by atoms with E-state index in [0.717, 1.165) is 12.3 Å². The van der Waals surface area contributed by atoms with Crippen molar-refractivity contribution in [1.82, 2.24) is 5.43 Å². The molecule has 0 fully saturated rings. The van der Waals surface area contributed by atoms with Crippen LogP contribution in [-0.4, -0.2) is 28.9 Å². The lowest BCUT2D eigenvalue weighted by atomic mass is 10.1. The maximum atomic E-state index is 12.6. The summed E-state index contributed by atoms with van der Waals surface area (Å²) >= 11 is 6.05. The number of ether oxygens (including phenoxy) is 1. The average Bonchev–Trinajstić information content (AvgIpc) is 2.94. The van der Waals surface area contributed by atoms with Gasteiger partial charge in [0.25, 0.3) is 17.5 Å². The molecule has 0 radical (unpaired) electrons. The summed E-state index contributed by atoms with van der Waals surface area (Å²) in [7, 11) is 0. The van der Waals surface area contributed by atoms with Crippen LogP contribution in [0.1, 0.15) is 36.6 Å². The summed E-state index contributed by atoms with van der Waals surface area (Å²) in [4.78, 5) is 48.0. The first-order valence-electron chi connectivity index (χ1n) is 11.4. The number of esters is 1. The van der Waals surface area contributed by atoms with Crippen molar-refractivity contribution in [1.29, 1.82) is 0 Å². The maximum Gasteiger partial charge on any atom is 0.345 e. The van der Waals surface area contributed by atoms with Crippen LogP contribution in [0.15, 0.2) is 102 Å². The van der Waals surface area contributed by atoms with Gasteiger partial charge in [0.05, 0.1) is 21.7 Å². The van der Waals surface area contributed by atoms with Crippen LogP contribution < -0.4 is 15.5 Å². The van der Waals surface area contributed by atoms with Crippen molar-refractivity contribution >= 4 is 47.0 Å². The standard InChI is InChI=1S/C28H19ClN4O6/c29-24-9-5-4-8-23(24)28(36)39-25-15-14-22(33(37)38)16-20(25)17-30-32-27(35)19-10-12-21(13-11-19)31-26(34)18-6-2-1-3-7-18/h1-17H,(H,31,34)(H,32,35)/b30-17+. The van der Waals surface area contributed by atoms with Crippen molar-refractivity contribution in [2.75, 3.05) is 5.32 Å². The van der Waals surface area contributed by atoms with E-state index in [1.54, 1.807) is 54.6 Å². The lowest BCUT2D eigenvalue weighted by molar-refractivity contribution is -0.384. The van der Waals surface area contributed by atoms with Crippen LogP contribution in [0, 0.1) is 10.1 Å². The number of nitrogens with one attached hydrogen (secondary N) is 2. The lowest BCUT2D eigenvalue weighted by Crippen LogP contribution is -2.18. The molecular formula is C28H19ClN4O6. The average molecular weight is 543 g/mol. The van der Waals surface area contributed by atoms with Gasteiger partial charge >= 0.3 is 5.97 Å². The van der Waals surface area contributed by atoms with E-state index in [9.17, 15) is 24.5 Å². The summed E-state index contributed by atoms with van der Waals surface area (Å²) in [5, 5.41) is 18.0. The van der Waals surface area contributed by atoms with Gasteiger partial charge in [-0.2, -0.15) is 5.10 Å². The van der Waals surface area contributed by atoms with Crippen molar-refractivity contribution in [2.24, 2.45) is 5.10 Å². The third-order valence-electron chi connectivity index (χ3n) is 5.31. The summed E-state index contributed by atoms with van der Waals surface area (Å²) in [6, 6.07) is 24.6. The second-order valence-corrected chi connectivity index (χ2v) is 8.35. The number of nitrogens with zero attached hydrogens (tertiary/aromatic N) is 2. The quantitative estimate of drug-likeness (QED) is 0.0992. The molecule has 4 aromatic carbocycles. The Kier molecular flexibility index (Phi) is 8.40. The maximum absolute atomic E-state index is 12.6. The normalized spacial score (nSPS) is 10.6. The molecule has 4 aromatic rings. The Balaban J connectivity index is 1.44. The third kappa shape index (κ3) is 6.90. The van der Waals surface area contributed by atoms with Crippen molar-refractivity contribution in [3.05, 3.63) is 134 Å². The number of hydrogen-bond donors (Lipinski definition) is 2. The molecule has 11 heteroatoms. The molecule has 194 valence electrons. The number of hydrazone groups is 1. The van der Waals surface area contributed by atoms with E-state index in [4.69, 9.17) is 16.3 Å². The smallest absolute Gasteiger partial charge is 0.345 e. The van der Waals surface area contributed by atoms with Gasteiger partial charge < -0.3 is 10.1 Å². The zero-order valence-electron chi connectivity index (χ0n) is 20.0. The molecule has 0 unspecified atom stereocenters. The highest BCUT2D eigenvalue weighted by molar-refractivity contribution is 6.33. The van der Waals surface area contributed by atoms with E-state index >= 15 is 0 Å². The number of carbonyl (C=O) groups excluding carboxylic acids is 3. The second-order valence-electron chi connectivity index (χ2n) is 7.95. The van der Waals surface area contributed by atoms with Crippen LogP contribution >= 0.6 is 11.6 Å². The topological polar surface area (TPSA) is 140 Å². The van der Waals surface area contributed by atoms with Gasteiger partial charge in [0, 0.05) is 34.5 Å². The molecule has 0 spiro atoms. The number of anilines is 1. The molecule has 0 heterocycles. The van der Waals surface area contributed by atoms with Crippen LogP contribution in [0.4, 0.5) is 11.4 Å². The number of non-ortho nitro benzene ring substituents is 1. The van der Waals surface area contributed by atoms with Gasteiger partial charge in [-0.15, -0.1) is 0 Å². The van der Waals surface area contributed by atoms with Crippen molar-refractivity contribution in [3.63, 3.8) is 0 Å². The molecule has 0 saturated carbocycles. The Bertz CT molecular complexity index is 1570. The zero-order chi connectivity index (χ0) is 27.8. The van der Waals surface area contributed by atoms with E-state index in [2.05, 4.69) is 15.8 Å². The van der Waals surface area contributed by atoms with Crippen LogP contribution in [-0.2, 0) is 0 Å². The number of nitro groups is 1. The Morgan fingerprint density at radius 1 is 0.846 bits per heavy atom. The first-order valence-corrected chi connectivity index (χ1v) is 11.7. The Morgan fingerprint density at radius 3 is 2.21 bits per heavy atom. The molecule has 0 bridgehead atoms. The fourth-order valence-corrected chi connectivity index (χ4v) is 3.56. The first kappa shape index (κ1) is 26.7. The van der Waals surface area contributed by atoms with Crippen LogP contribution in [0.25, 0.3) is 0 Å². The molecule has 10 nitrogen and oxygen atoms in total. The number of hydrogen-bond acceptors (Lipinski definition) is 7.